The van der Waals surface area contributed by atoms with E-state index in [1.54, 1.807) is 7.11 Å². The van der Waals surface area contributed by atoms with Crippen molar-refractivity contribution in [2.24, 2.45) is 0 Å². The van der Waals surface area contributed by atoms with Crippen molar-refractivity contribution < 1.29 is 9.53 Å². The van der Waals surface area contributed by atoms with Crippen molar-refractivity contribution in [3.63, 3.8) is 0 Å². The number of amides is 1. The number of para-hydroxylation sites is 2. The van der Waals surface area contributed by atoms with Crippen LogP contribution in [0.15, 0.2) is 54.6 Å². The van der Waals surface area contributed by atoms with Crippen LogP contribution in [0.4, 0.5) is 5.69 Å². The second-order valence-electron chi connectivity index (χ2n) is 6.44. The highest BCUT2D eigenvalue weighted by atomic mass is 16.5. The van der Waals surface area contributed by atoms with E-state index in [1.807, 2.05) is 35.2 Å². The third-order valence-electron chi connectivity index (χ3n) is 4.78. The minimum atomic E-state index is 0.227. The number of hydrogen-bond donors (Lipinski definition) is 1. The number of benzene rings is 2. The molecule has 2 aromatic rings. The summed E-state index contributed by atoms with van der Waals surface area (Å²) in [5, 5.41) is 3.34. The highest BCUT2D eigenvalue weighted by Crippen LogP contribution is 2.17. The van der Waals surface area contributed by atoms with E-state index in [2.05, 4.69) is 34.5 Å². The van der Waals surface area contributed by atoms with Crippen molar-refractivity contribution in [3.05, 3.63) is 60.2 Å². The molecule has 0 saturated carbocycles. The summed E-state index contributed by atoms with van der Waals surface area (Å²) < 4.78 is 5.35. The Morgan fingerprint density at radius 3 is 2.42 bits per heavy atom. The molecule has 0 radical (unpaired) electrons. The third kappa shape index (κ3) is 4.76. The van der Waals surface area contributed by atoms with E-state index < -0.39 is 0 Å². The lowest BCUT2D eigenvalue weighted by Crippen LogP contribution is -2.49. The molecule has 0 bridgehead atoms. The number of methoxy groups -OCH3 is 1. The van der Waals surface area contributed by atoms with E-state index in [4.69, 9.17) is 4.74 Å². The molecule has 0 unspecified atom stereocenters. The second-order valence-corrected chi connectivity index (χ2v) is 6.44. The lowest BCUT2D eigenvalue weighted by molar-refractivity contribution is -0.131. The molecule has 1 saturated heterocycles. The molecular weight excluding hydrogens is 326 g/mol. The summed E-state index contributed by atoms with van der Waals surface area (Å²) >= 11 is 0. The van der Waals surface area contributed by atoms with Gasteiger partial charge in [-0.1, -0.05) is 36.4 Å². The lowest BCUT2D eigenvalue weighted by atomic mass is 10.2. The number of carbonyl (C=O) groups is 1. The molecule has 3 rings (SSSR count). The predicted molar refractivity (Wildman–Crippen MR) is 105 cm³/mol. The summed E-state index contributed by atoms with van der Waals surface area (Å²) in [6.07, 6.45) is 0.528. The van der Waals surface area contributed by atoms with E-state index in [-0.39, 0.29) is 5.91 Å². The highest BCUT2D eigenvalue weighted by Gasteiger charge is 2.20. The van der Waals surface area contributed by atoms with Gasteiger partial charge < -0.3 is 19.9 Å². The van der Waals surface area contributed by atoms with Gasteiger partial charge in [-0.3, -0.25) is 4.79 Å². The molecular formula is C21H27N3O2. The number of hydrogen-bond acceptors (Lipinski definition) is 4. The van der Waals surface area contributed by atoms with Gasteiger partial charge >= 0.3 is 0 Å². The van der Waals surface area contributed by atoms with Gasteiger partial charge in [0, 0.05) is 56.9 Å². The third-order valence-corrected chi connectivity index (χ3v) is 4.78. The van der Waals surface area contributed by atoms with Gasteiger partial charge in [0.1, 0.15) is 5.75 Å². The Labute approximate surface area is 155 Å². The highest BCUT2D eigenvalue weighted by molar-refractivity contribution is 5.76. The first kappa shape index (κ1) is 18.3. The summed E-state index contributed by atoms with van der Waals surface area (Å²) in [6, 6.07) is 18.3. The molecule has 0 spiro atoms. The maximum Gasteiger partial charge on any atom is 0.223 e. The van der Waals surface area contributed by atoms with Crippen LogP contribution in [-0.2, 0) is 11.3 Å². The summed E-state index contributed by atoms with van der Waals surface area (Å²) in [4.78, 5) is 16.7. The number of nitrogens with zero attached hydrogens (tertiary/aromatic N) is 2. The number of ether oxygens (including phenoxy) is 1. The first-order chi connectivity index (χ1) is 12.8. The molecule has 0 atom stereocenters. The van der Waals surface area contributed by atoms with Crippen LogP contribution < -0.4 is 15.0 Å². The Hall–Kier alpha value is -2.53. The first-order valence-corrected chi connectivity index (χ1v) is 9.18. The maximum atomic E-state index is 12.4. The zero-order valence-corrected chi connectivity index (χ0v) is 15.4. The number of carbonyl (C=O) groups excluding carboxylic acids is 1. The van der Waals surface area contributed by atoms with Gasteiger partial charge in [-0.05, 0) is 18.2 Å². The Morgan fingerprint density at radius 2 is 1.69 bits per heavy atom. The molecule has 2 aromatic carbocycles. The molecule has 5 nitrogen and oxygen atoms in total. The summed E-state index contributed by atoms with van der Waals surface area (Å²) in [7, 11) is 1.68. The second kappa shape index (κ2) is 9.25. The Morgan fingerprint density at radius 1 is 1.00 bits per heavy atom. The smallest absolute Gasteiger partial charge is 0.223 e. The van der Waals surface area contributed by atoms with Crippen molar-refractivity contribution in [1.82, 2.24) is 10.2 Å². The van der Waals surface area contributed by atoms with Crippen molar-refractivity contribution in [2.45, 2.75) is 13.0 Å². The van der Waals surface area contributed by atoms with E-state index in [1.165, 1.54) is 5.69 Å². The van der Waals surface area contributed by atoms with Crippen molar-refractivity contribution in [2.75, 3.05) is 44.7 Å². The number of piperazine rings is 1. The molecule has 1 fully saturated rings. The van der Waals surface area contributed by atoms with Crippen LogP contribution in [-0.4, -0.2) is 50.6 Å². The van der Waals surface area contributed by atoms with E-state index in [0.29, 0.717) is 19.5 Å². The fraction of sp³-hybridized carbons (Fsp3) is 0.381. The maximum absolute atomic E-state index is 12.4. The van der Waals surface area contributed by atoms with Crippen molar-refractivity contribution in [1.29, 1.82) is 0 Å². The summed E-state index contributed by atoms with van der Waals surface area (Å²) in [5.74, 6) is 1.11. The monoisotopic (exact) mass is 353 g/mol. The van der Waals surface area contributed by atoms with Gasteiger partial charge in [0.2, 0.25) is 5.91 Å². The van der Waals surface area contributed by atoms with Crippen LogP contribution >= 0.6 is 0 Å². The molecule has 0 aliphatic carbocycles. The molecule has 26 heavy (non-hydrogen) atoms. The number of rotatable bonds is 7. The first-order valence-electron chi connectivity index (χ1n) is 9.18. The van der Waals surface area contributed by atoms with Crippen LogP contribution in [0.25, 0.3) is 0 Å². The SMILES string of the molecule is COc1ccccc1CNCCC(=O)N1CCN(c2ccccc2)CC1. The Balaban J connectivity index is 1.38. The van der Waals surface area contributed by atoms with Gasteiger partial charge in [-0.15, -0.1) is 0 Å². The molecule has 1 N–H and O–H groups in total. The molecule has 1 aliphatic rings. The molecule has 1 amide bonds. The van der Waals surface area contributed by atoms with Crippen LogP contribution in [0.1, 0.15) is 12.0 Å². The number of anilines is 1. The van der Waals surface area contributed by atoms with Crippen LogP contribution in [0, 0.1) is 0 Å². The average Bonchev–Trinajstić information content (AvgIpc) is 2.72. The summed E-state index contributed by atoms with van der Waals surface area (Å²) in [5.41, 5.74) is 2.34. The Kier molecular flexibility index (Phi) is 6.50. The van der Waals surface area contributed by atoms with Gasteiger partial charge in [-0.2, -0.15) is 0 Å². The fourth-order valence-corrected chi connectivity index (χ4v) is 3.28. The van der Waals surface area contributed by atoms with E-state index >= 15 is 0 Å². The van der Waals surface area contributed by atoms with Gasteiger partial charge in [-0.25, -0.2) is 0 Å². The minimum absolute atomic E-state index is 0.227. The van der Waals surface area contributed by atoms with Crippen molar-refractivity contribution in [3.8, 4) is 5.75 Å². The largest absolute Gasteiger partial charge is 0.496 e. The molecule has 5 heteroatoms. The minimum Gasteiger partial charge on any atom is -0.496 e. The normalized spacial score (nSPS) is 14.3. The molecule has 138 valence electrons. The number of nitrogens with one attached hydrogen (secondary N) is 1. The van der Waals surface area contributed by atoms with Gasteiger partial charge in [0.15, 0.2) is 0 Å². The average molecular weight is 353 g/mol. The van der Waals surface area contributed by atoms with Gasteiger partial charge in [0.25, 0.3) is 0 Å². The predicted octanol–water partition coefficient (Wildman–Crippen LogP) is 2.52. The standard InChI is InChI=1S/C21H27N3O2/c1-26-20-10-6-5-7-18(20)17-22-12-11-21(25)24-15-13-23(14-16-24)19-8-3-2-4-9-19/h2-10,22H,11-17H2,1H3. The van der Waals surface area contributed by atoms with Gasteiger partial charge in [0.05, 0.1) is 7.11 Å². The molecule has 1 heterocycles. The van der Waals surface area contributed by atoms with E-state index in [0.717, 1.165) is 37.5 Å². The molecule has 0 aromatic heterocycles. The quantitative estimate of drug-likeness (QED) is 0.777. The summed E-state index contributed by atoms with van der Waals surface area (Å²) in [6.45, 7) is 4.75. The topological polar surface area (TPSA) is 44.8 Å². The van der Waals surface area contributed by atoms with E-state index in [9.17, 15) is 4.79 Å². The van der Waals surface area contributed by atoms with Crippen LogP contribution in [0.2, 0.25) is 0 Å². The lowest BCUT2D eigenvalue weighted by Gasteiger charge is -2.36. The fourth-order valence-electron chi connectivity index (χ4n) is 3.28. The zero-order valence-electron chi connectivity index (χ0n) is 15.4. The Bertz CT molecular complexity index is 697. The van der Waals surface area contributed by atoms with Crippen molar-refractivity contribution >= 4 is 11.6 Å². The molecule has 1 aliphatic heterocycles. The van der Waals surface area contributed by atoms with Crippen LogP contribution in [0.3, 0.4) is 0 Å². The van der Waals surface area contributed by atoms with Crippen LogP contribution in [0.5, 0.6) is 5.75 Å². The zero-order chi connectivity index (χ0) is 18.2.